The van der Waals surface area contributed by atoms with E-state index in [9.17, 15) is 4.79 Å². The second-order valence-corrected chi connectivity index (χ2v) is 3.91. The van der Waals surface area contributed by atoms with Crippen LogP contribution < -0.4 is 15.8 Å². The molecule has 3 N–H and O–H groups in total. The summed E-state index contributed by atoms with van der Waals surface area (Å²) in [5.74, 6) is 0.330. The molecule has 0 bridgehead atoms. The Labute approximate surface area is 99.8 Å². The van der Waals surface area contributed by atoms with E-state index >= 15 is 0 Å². The van der Waals surface area contributed by atoms with E-state index in [1.165, 1.54) is 0 Å². The van der Waals surface area contributed by atoms with Crippen molar-refractivity contribution in [2.24, 2.45) is 5.73 Å². The molecular formula is C11H14N2O2S. The Morgan fingerprint density at radius 3 is 2.75 bits per heavy atom. The Bertz CT molecular complexity index is 418. The van der Waals surface area contributed by atoms with Crippen molar-refractivity contribution in [1.82, 2.24) is 5.32 Å². The number of nitrogens with two attached hydrogens (primary N) is 1. The van der Waals surface area contributed by atoms with Gasteiger partial charge >= 0.3 is 0 Å². The highest BCUT2D eigenvalue weighted by Gasteiger charge is 2.05. The highest BCUT2D eigenvalue weighted by Crippen LogP contribution is 2.18. The van der Waals surface area contributed by atoms with Crippen LogP contribution in [0.5, 0.6) is 5.75 Å². The van der Waals surface area contributed by atoms with Crippen LogP contribution in [0.2, 0.25) is 0 Å². The summed E-state index contributed by atoms with van der Waals surface area (Å²) in [6.45, 7) is 3.82. The molecule has 1 aromatic carbocycles. The van der Waals surface area contributed by atoms with E-state index in [4.69, 9.17) is 10.5 Å². The smallest absolute Gasteiger partial charge is 0.264 e. The van der Waals surface area contributed by atoms with Crippen LogP contribution >= 0.6 is 12.2 Å². The van der Waals surface area contributed by atoms with Crippen molar-refractivity contribution in [1.29, 1.82) is 0 Å². The van der Waals surface area contributed by atoms with Crippen molar-refractivity contribution in [2.75, 3.05) is 6.61 Å². The quantitative estimate of drug-likeness (QED) is 0.772. The number of carbonyl (C=O) groups excluding carboxylic acids is 1. The van der Waals surface area contributed by atoms with Crippen molar-refractivity contribution in [3.63, 3.8) is 0 Å². The number of nitrogens with one attached hydrogen (secondary N) is 1. The predicted octanol–water partition coefficient (Wildman–Crippen LogP) is 1.04. The van der Waals surface area contributed by atoms with E-state index in [2.05, 4.69) is 17.5 Å². The summed E-state index contributed by atoms with van der Waals surface area (Å²) >= 11 is 4.54. The fourth-order valence-electron chi connectivity index (χ4n) is 1.28. The second kappa shape index (κ2) is 5.46. The molecule has 0 saturated carbocycles. The van der Waals surface area contributed by atoms with Gasteiger partial charge in [0.1, 0.15) is 5.75 Å². The molecule has 1 aromatic rings. The number of aryl methyl sites for hydroxylation is 2. The van der Waals surface area contributed by atoms with E-state index in [0.717, 1.165) is 11.1 Å². The summed E-state index contributed by atoms with van der Waals surface area (Å²) in [7, 11) is 0. The van der Waals surface area contributed by atoms with E-state index in [1.807, 2.05) is 32.0 Å². The fraction of sp³-hybridized carbons (Fsp3) is 0.273. The Balaban J connectivity index is 2.54. The molecule has 0 fully saturated rings. The lowest BCUT2D eigenvalue weighted by Gasteiger charge is -2.09. The topological polar surface area (TPSA) is 64.3 Å². The van der Waals surface area contributed by atoms with Gasteiger partial charge in [0.2, 0.25) is 0 Å². The van der Waals surface area contributed by atoms with Crippen LogP contribution in [-0.2, 0) is 4.79 Å². The third-order valence-electron chi connectivity index (χ3n) is 1.95. The van der Waals surface area contributed by atoms with Gasteiger partial charge in [-0.25, -0.2) is 0 Å². The maximum absolute atomic E-state index is 11.2. The fourth-order valence-corrected chi connectivity index (χ4v) is 1.39. The Hall–Kier alpha value is -1.62. The van der Waals surface area contributed by atoms with E-state index in [-0.39, 0.29) is 17.6 Å². The lowest BCUT2D eigenvalue weighted by molar-refractivity contribution is -0.121. The van der Waals surface area contributed by atoms with E-state index in [0.29, 0.717) is 5.75 Å². The molecule has 0 atom stereocenters. The van der Waals surface area contributed by atoms with E-state index in [1.54, 1.807) is 0 Å². The molecule has 5 heteroatoms. The summed E-state index contributed by atoms with van der Waals surface area (Å²) < 4.78 is 5.33. The van der Waals surface area contributed by atoms with Crippen molar-refractivity contribution in [3.8, 4) is 5.75 Å². The molecule has 0 aliphatic heterocycles. The molecule has 0 saturated heterocycles. The normalized spacial score (nSPS) is 9.62. The van der Waals surface area contributed by atoms with Gasteiger partial charge in [0.05, 0.1) is 0 Å². The monoisotopic (exact) mass is 238 g/mol. The SMILES string of the molecule is Cc1ccc(OCC(=O)NC(N)=S)c(C)c1. The molecule has 0 spiro atoms. The molecule has 0 unspecified atom stereocenters. The minimum absolute atomic E-state index is 0.0470. The van der Waals surface area contributed by atoms with Crippen LogP contribution in [-0.4, -0.2) is 17.6 Å². The summed E-state index contributed by atoms with van der Waals surface area (Å²) in [6, 6.07) is 5.74. The van der Waals surface area contributed by atoms with Crippen molar-refractivity contribution in [2.45, 2.75) is 13.8 Å². The highest BCUT2D eigenvalue weighted by molar-refractivity contribution is 7.80. The summed E-state index contributed by atoms with van der Waals surface area (Å²) in [5.41, 5.74) is 7.30. The first kappa shape index (κ1) is 12.4. The second-order valence-electron chi connectivity index (χ2n) is 3.47. The molecule has 0 aliphatic carbocycles. The molecule has 16 heavy (non-hydrogen) atoms. The van der Waals surface area contributed by atoms with Crippen molar-refractivity contribution < 1.29 is 9.53 Å². The largest absolute Gasteiger partial charge is 0.483 e. The molecule has 0 aliphatic rings. The summed E-state index contributed by atoms with van der Waals surface area (Å²) in [6.07, 6.45) is 0. The van der Waals surface area contributed by atoms with Crippen molar-refractivity contribution in [3.05, 3.63) is 29.3 Å². The number of benzene rings is 1. The number of thiocarbonyl (C=S) groups is 1. The molecular weight excluding hydrogens is 224 g/mol. The van der Waals surface area contributed by atoms with Gasteiger partial charge in [-0.3, -0.25) is 4.79 Å². The average molecular weight is 238 g/mol. The third-order valence-corrected chi connectivity index (χ3v) is 2.05. The van der Waals surface area contributed by atoms with E-state index < -0.39 is 0 Å². The summed E-state index contributed by atoms with van der Waals surface area (Å²) in [5, 5.41) is 2.24. The van der Waals surface area contributed by atoms with Crippen LogP contribution in [0.4, 0.5) is 0 Å². The molecule has 4 nitrogen and oxygen atoms in total. The Morgan fingerprint density at radius 1 is 1.50 bits per heavy atom. The minimum atomic E-state index is -0.354. The maximum atomic E-state index is 11.2. The maximum Gasteiger partial charge on any atom is 0.264 e. The lowest BCUT2D eigenvalue weighted by Crippen LogP contribution is -2.37. The molecule has 1 rings (SSSR count). The number of amides is 1. The minimum Gasteiger partial charge on any atom is -0.483 e. The molecule has 0 aromatic heterocycles. The van der Waals surface area contributed by atoms with Crippen LogP contribution in [0.1, 0.15) is 11.1 Å². The van der Waals surface area contributed by atoms with Crippen LogP contribution in [0.25, 0.3) is 0 Å². The first-order valence-electron chi connectivity index (χ1n) is 4.78. The van der Waals surface area contributed by atoms with Crippen LogP contribution in [0, 0.1) is 13.8 Å². The zero-order valence-electron chi connectivity index (χ0n) is 9.24. The Kier molecular flexibility index (Phi) is 4.25. The zero-order chi connectivity index (χ0) is 12.1. The first-order valence-corrected chi connectivity index (χ1v) is 5.19. The number of hydrogen-bond donors (Lipinski definition) is 2. The van der Waals surface area contributed by atoms with Gasteiger partial charge < -0.3 is 15.8 Å². The van der Waals surface area contributed by atoms with Gasteiger partial charge in [-0.05, 0) is 37.7 Å². The number of rotatable bonds is 3. The average Bonchev–Trinajstić information content (AvgIpc) is 2.15. The zero-order valence-corrected chi connectivity index (χ0v) is 10.1. The summed E-state index contributed by atoms with van der Waals surface area (Å²) in [4.78, 5) is 11.2. The van der Waals surface area contributed by atoms with Gasteiger partial charge in [0.15, 0.2) is 11.7 Å². The first-order chi connectivity index (χ1) is 7.49. The predicted molar refractivity (Wildman–Crippen MR) is 66.3 cm³/mol. The molecule has 1 amide bonds. The lowest BCUT2D eigenvalue weighted by atomic mass is 10.1. The third kappa shape index (κ3) is 3.86. The van der Waals surface area contributed by atoms with Crippen LogP contribution in [0.15, 0.2) is 18.2 Å². The Morgan fingerprint density at radius 2 is 2.19 bits per heavy atom. The molecule has 0 radical (unpaired) electrons. The molecule has 86 valence electrons. The van der Waals surface area contributed by atoms with Gasteiger partial charge in [-0.1, -0.05) is 17.7 Å². The van der Waals surface area contributed by atoms with Crippen molar-refractivity contribution >= 4 is 23.2 Å². The van der Waals surface area contributed by atoms with Gasteiger partial charge in [-0.15, -0.1) is 0 Å². The molecule has 0 heterocycles. The van der Waals surface area contributed by atoms with Gasteiger partial charge in [0.25, 0.3) is 5.91 Å². The number of carbonyl (C=O) groups is 1. The number of ether oxygens (including phenoxy) is 1. The van der Waals surface area contributed by atoms with Crippen LogP contribution in [0.3, 0.4) is 0 Å². The number of hydrogen-bond acceptors (Lipinski definition) is 3. The van der Waals surface area contributed by atoms with Gasteiger partial charge in [0, 0.05) is 0 Å². The highest BCUT2D eigenvalue weighted by atomic mass is 32.1. The van der Waals surface area contributed by atoms with Gasteiger partial charge in [-0.2, -0.15) is 0 Å². The standard InChI is InChI=1S/C11H14N2O2S/c1-7-3-4-9(8(2)5-7)15-6-10(14)13-11(12)16/h3-5H,6H2,1-2H3,(H3,12,13,14,16).